The first-order valence-corrected chi connectivity index (χ1v) is 9.90. The molecule has 0 aliphatic carbocycles. The number of ether oxygens (including phenoxy) is 2. The van der Waals surface area contributed by atoms with Gasteiger partial charge in [0.05, 0.1) is 17.1 Å². The van der Waals surface area contributed by atoms with Gasteiger partial charge in [0.1, 0.15) is 23.0 Å². The number of nitrogens with two attached hydrogens (primary N) is 1. The van der Waals surface area contributed by atoms with E-state index in [-0.39, 0.29) is 22.8 Å². The van der Waals surface area contributed by atoms with Crippen molar-refractivity contribution < 1.29 is 23.0 Å². The molecule has 0 unspecified atom stereocenters. The Kier molecular flexibility index (Phi) is 6.53. The van der Waals surface area contributed by atoms with Gasteiger partial charge in [0.2, 0.25) is 0 Å². The van der Waals surface area contributed by atoms with E-state index in [4.69, 9.17) is 15.2 Å². The fraction of sp³-hybridized carbons (Fsp3) is 0.208. The van der Waals surface area contributed by atoms with Crippen LogP contribution in [0.4, 0.5) is 36.3 Å². The number of nitrogens with one attached hydrogen (secondary N) is 2. The number of halogens is 2. The van der Waals surface area contributed by atoms with Crippen molar-refractivity contribution in [3.8, 4) is 11.5 Å². The molecule has 32 heavy (non-hydrogen) atoms. The minimum atomic E-state index is -0.644. The normalized spacial score (nSPS) is 11.1. The number of carbonyl (C=O) groups is 1. The topological polar surface area (TPSA) is 85.6 Å². The molecule has 0 saturated carbocycles. The Balaban J connectivity index is 1.81. The molecule has 6 nitrogen and oxygen atoms in total. The van der Waals surface area contributed by atoms with Crippen LogP contribution in [0.25, 0.3) is 0 Å². The first-order valence-electron chi connectivity index (χ1n) is 9.90. The van der Waals surface area contributed by atoms with E-state index in [1.165, 1.54) is 6.07 Å². The minimum absolute atomic E-state index is 0.0365. The molecular formula is C24H25F2N3O3. The molecule has 3 rings (SSSR count). The van der Waals surface area contributed by atoms with Crippen molar-refractivity contribution in [2.75, 3.05) is 16.4 Å². The highest BCUT2D eigenvalue weighted by molar-refractivity contribution is 5.85. The van der Waals surface area contributed by atoms with Crippen LogP contribution in [0, 0.1) is 18.6 Å². The third-order valence-electron chi connectivity index (χ3n) is 4.21. The second kappa shape index (κ2) is 9.13. The summed E-state index contributed by atoms with van der Waals surface area (Å²) in [4.78, 5) is 12.0. The molecule has 3 aromatic rings. The first-order chi connectivity index (χ1) is 15.0. The summed E-state index contributed by atoms with van der Waals surface area (Å²) in [7, 11) is 0. The van der Waals surface area contributed by atoms with Crippen LogP contribution in [0.3, 0.4) is 0 Å². The minimum Gasteiger partial charge on any atom is -0.455 e. The maximum atomic E-state index is 14.2. The molecule has 3 aromatic carbocycles. The van der Waals surface area contributed by atoms with E-state index in [0.717, 1.165) is 17.7 Å². The summed E-state index contributed by atoms with van der Waals surface area (Å²) < 4.78 is 39.4. The van der Waals surface area contributed by atoms with E-state index in [2.05, 4.69) is 10.6 Å². The summed E-state index contributed by atoms with van der Waals surface area (Å²) in [5.74, 6) is -0.762. The number of nitrogen functional groups attached to an aromatic ring is 1. The number of benzene rings is 3. The molecule has 0 radical (unpaired) electrons. The average molecular weight is 441 g/mol. The zero-order chi connectivity index (χ0) is 23.5. The number of anilines is 4. The van der Waals surface area contributed by atoms with Crippen molar-refractivity contribution in [3.05, 3.63) is 71.8 Å². The standard InChI is InChI=1S/C24H25F2N3O3/c1-14-8-9-19(18(26)10-14)29-20-11-15(25)12-21(22(20)27)31-17-7-5-6-16(13-17)28-23(30)32-24(2,3)4/h5-13,29H,27H2,1-4H3,(H,28,30). The Labute approximate surface area is 185 Å². The predicted molar refractivity (Wildman–Crippen MR) is 122 cm³/mol. The summed E-state index contributed by atoms with van der Waals surface area (Å²) in [5, 5.41) is 5.41. The lowest BCUT2D eigenvalue weighted by Gasteiger charge is -2.20. The highest BCUT2D eigenvalue weighted by atomic mass is 19.1. The van der Waals surface area contributed by atoms with Gasteiger partial charge in [0, 0.05) is 17.8 Å². The first kappa shape index (κ1) is 22.9. The molecule has 8 heteroatoms. The highest BCUT2D eigenvalue weighted by Crippen LogP contribution is 2.37. The molecule has 1 amide bonds. The molecule has 4 N–H and O–H groups in total. The lowest BCUT2D eigenvalue weighted by atomic mass is 10.2. The Hall–Kier alpha value is -3.81. The van der Waals surface area contributed by atoms with Crippen LogP contribution in [0.1, 0.15) is 26.3 Å². The van der Waals surface area contributed by atoms with Crippen molar-refractivity contribution >= 4 is 28.8 Å². The van der Waals surface area contributed by atoms with Gasteiger partial charge >= 0.3 is 6.09 Å². The van der Waals surface area contributed by atoms with Crippen molar-refractivity contribution in [1.82, 2.24) is 0 Å². The van der Waals surface area contributed by atoms with Crippen LogP contribution in [-0.2, 0) is 4.74 Å². The Morgan fingerprint density at radius 1 is 1.00 bits per heavy atom. The van der Waals surface area contributed by atoms with Gasteiger partial charge in [0.25, 0.3) is 0 Å². The van der Waals surface area contributed by atoms with E-state index >= 15 is 0 Å². The molecule has 0 spiro atoms. The molecule has 0 fully saturated rings. The summed E-state index contributed by atoms with van der Waals surface area (Å²) in [6.07, 6.45) is -0.619. The van der Waals surface area contributed by atoms with E-state index in [9.17, 15) is 13.6 Å². The maximum Gasteiger partial charge on any atom is 0.412 e. The van der Waals surface area contributed by atoms with Crippen molar-refractivity contribution in [2.24, 2.45) is 0 Å². The SMILES string of the molecule is Cc1ccc(Nc2cc(F)cc(Oc3cccc(NC(=O)OC(C)(C)C)c3)c2N)c(F)c1. The van der Waals surface area contributed by atoms with Gasteiger partial charge < -0.3 is 20.5 Å². The van der Waals surface area contributed by atoms with Gasteiger partial charge in [-0.1, -0.05) is 12.1 Å². The zero-order valence-electron chi connectivity index (χ0n) is 18.3. The summed E-state index contributed by atoms with van der Waals surface area (Å²) in [6, 6.07) is 13.4. The van der Waals surface area contributed by atoms with Crippen LogP contribution in [-0.4, -0.2) is 11.7 Å². The van der Waals surface area contributed by atoms with Gasteiger partial charge in [-0.3, -0.25) is 5.32 Å². The van der Waals surface area contributed by atoms with Crippen LogP contribution in [0.5, 0.6) is 11.5 Å². The van der Waals surface area contributed by atoms with Crippen molar-refractivity contribution in [3.63, 3.8) is 0 Å². The fourth-order valence-corrected chi connectivity index (χ4v) is 2.83. The molecule has 0 atom stereocenters. The number of hydrogen-bond donors (Lipinski definition) is 3. The summed E-state index contributed by atoms with van der Waals surface area (Å²) in [5.41, 5.74) is 7.09. The molecule has 168 valence electrons. The smallest absolute Gasteiger partial charge is 0.412 e. The molecule has 0 bridgehead atoms. The van der Waals surface area contributed by atoms with Crippen LogP contribution in [0.15, 0.2) is 54.6 Å². The maximum absolute atomic E-state index is 14.2. The van der Waals surface area contributed by atoms with Crippen LogP contribution < -0.4 is 21.1 Å². The monoisotopic (exact) mass is 441 g/mol. The van der Waals surface area contributed by atoms with Gasteiger partial charge in [0.15, 0.2) is 5.75 Å². The molecule has 0 aliphatic rings. The fourth-order valence-electron chi connectivity index (χ4n) is 2.83. The Morgan fingerprint density at radius 3 is 2.44 bits per heavy atom. The van der Waals surface area contributed by atoms with Crippen molar-refractivity contribution in [2.45, 2.75) is 33.3 Å². The lowest BCUT2D eigenvalue weighted by Crippen LogP contribution is -2.27. The zero-order valence-corrected chi connectivity index (χ0v) is 18.3. The summed E-state index contributed by atoms with van der Waals surface area (Å²) in [6.45, 7) is 7.04. The quantitative estimate of drug-likeness (QED) is 0.382. The number of amides is 1. The third-order valence-corrected chi connectivity index (χ3v) is 4.21. The molecule has 0 heterocycles. The number of carbonyl (C=O) groups excluding carboxylic acids is 1. The largest absolute Gasteiger partial charge is 0.455 e. The molecule has 0 aliphatic heterocycles. The average Bonchev–Trinajstić information content (AvgIpc) is 2.66. The molecule has 0 saturated heterocycles. The van der Waals surface area contributed by atoms with Gasteiger partial charge in [-0.05, 0) is 63.6 Å². The predicted octanol–water partition coefficient (Wildman–Crippen LogP) is 6.74. The number of rotatable bonds is 5. The number of aryl methyl sites for hydroxylation is 1. The summed E-state index contributed by atoms with van der Waals surface area (Å²) >= 11 is 0. The van der Waals surface area contributed by atoms with Crippen LogP contribution in [0.2, 0.25) is 0 Å². The van der Waals surface area contributed by atoms with Gasteiger partial charge in [-0.25, -0.2) is 13.6 Å². The lowest BCUT2D eigenvalue weighted by molar-refractivity contribution is 0.0636. The van der Waals surface area contributed by atoms with E-state index in [1.54, 1.807) is 64.1 Å². The number of hydrogen-bond acceptors (Lipinski definition) is 5. The molecule has 0 aromatic heterocycles. The second-order valence-corrected chi connectivity index (χ2v) is 8.23. The molecular weight excluding hydrogens is 416 g/mol. The van der Waals surface area contributed by atoms with Gasteiger partial charge in [-0.2, -0.15) is 0 Å². The second-order valence-electron chi connectivity index (χ2n) is 8.23. The van der Waals surface area contributed by atoms with Crippen molar-refractivity contribution in [1.29, 1.82) is 0 Å². The Bertz CT molecular complexity index is 1140. The van der Waals surface area contributed by atoms with E-state index in [0.29, 0.717) is 11.4 Å². The van der Waals surface area contributed by atoms with Gasteiger partial charge in [-0.15, -0.1) is 0 Å². The van der Waals surface area contributed by atoms with Crippen LogP contribution >= 0.6 is 0 Å². The highest BCUT2D eigenvalue weighted by Gasteiger charge is 2.17. The van der Waals surface area contributed by atoms with E-state index < -0.39 is 23.3 Å². The third kappa shape index (κ3) is 6.10. The Morgan fingerprint density at radius 2 is 1.75 bits per heavy atom. The van der Waals surface area contributed by atoms with E-state index in [1.807, 2.05) is 0 Å².